The van der Waals surface area contributed by atoms with Gasteiger partial charge in [0.2, 0.25) is 0 Å². The largest absolute Gasteiger partial charge is 0.361 e. The number of nitrogens with one attached hydrogen (secondary N) is 1. The van der Waals surface area contributed by atoms with Crippen LogP contribution in [0.4, 0.5) is 9.59 Å². The van der Waals surface area contributed by atoms with Gasteiger partial charge in [-0.1, -0.05) is 55.6 Å². The Bertz CT molecular complexity index is 313. The molecule has 3 N–H and O–H groups in total. The minimum absolute atomic E-state index is 0.297. The summed E-state index contributed by atoms with van der Waals surface area (Å²) in [4.78, 5) is 19.5. The Labute approximate surface area is 99.1 Å². The van der Waals surface area contributed by atoms with Crippen LogP contribution in [0, 0.1) is 0 Å². The van der Waals surface area contributed by atoms with Crippen LogP contribution in [0.5, 0.6) is 0 Å². The zero-order chi connectivity index (χ0) is 11.7. The number of nitrogens with two attached hydrogens (primary N) is 1. The number of rotatable bonds is 2. The molecule has 0 aromatic heterocycles. The van der Waals surface area contributed by atoms with Gasteiger partial charge in [-0.15, -0.1) is 0 Å². The van der Waals surface area contributed by atoms with E-state index < -0.39 is 5.24 Å². The summed E-state index contributed by atoms with van der Waals surface area (Å²) in [5.74, 6) is 0. The molecule has 0 aliphatic rings. The van der Waals surface area contributed by atoms with Gasteiger partial charge in [0.25, 0.3) is 10.5 Å². The molecule has 0 fully saturated rings. The quantitative estimate of drug-likeness (QED) is 0.599. The second kappa shape index (κ2) is 8.19. The van der Waals surface area contributed by atoms with Crippen molar-refractivity contribution in [3.63, 3.8) is 0 Å². The number of hydrogen-bond donors (Lipinski definition) is 4. The van der Waals surface area contributed by atoms with Crippen LogP contribution in [0.25, 0.3) is 0 Å². The summed E-state index contributed by atoms with van der Waals surface area (Å²) in [7, 11) is 0. The van der Waals surface area contributed by atoms with E-state index >= 15 is 0 Å². The van der Waals surface area contributed by atoms with Crippen LogP contribution in [0.2, 0.25) is 0 Å². The molecular formula is C9H12N2O2S2. The van der Waals surface area contributed by atoms with Gasteiger partial charge < -0.3 is 11.1 Å². The molecular weight excluding hydrogens is 232 g/mol. The van der Waals surface area contributed by atoms with Crippen LogP contribution < -0.4 is 11.1 Å². The number of primary amides is 1. The Balaban J connectivity index is 0.000000423. The zero-order valence-corrected chi connectivity index (χ0v) is 9.67. The van der Waals surface area contributed by atoms with Crippen LogP contribution in [0.15, 0.2) is 30.3 Å². The third-order valence-corrected chi connectivity index (χ3v) is 1.44. The van der Waals surface area contributed by atoms with Gasteiger partial charge in [0.1, 0.15) is 0 Å². The number of thiol groups is 2. The average Bonchev–Trinajstić information content (AvgIpc) is 2.15. The normalized spacial score (nSPS) is 8.40. The molecule has 4 nitrogen and oxygen atoms in total. The summed E-state index contributed by atoms with van der Waals surface area (Å²) >= 11 is 6.68. The van der Waals surface area contributed by atoms with Gasteiger partial charge in [0.05, 0.1) is 0 Å². The highest BCUT2D eigenvalue weighted by Gasteiger charge is 1.91. The SMILES string of the molecule is NC(=O)S.O=C(S)NCc1ccccc1. The monoisotopic (exact) mass is 244 g/mol. The molecule has 1 aromatic carbocycles. The molecule has 15 heavy (non-hydrogen) atoms. The fourth-order valence-electron chi connectivity index (χ4n) is 0.774. The van der Waals surface area contributed by atoms with E-state index in [4.69, 9.17) is 4.79 Å². The van der Waals surface area contributed by atoms with Crippen LogP contribution in [0.3, 0.4) is 0 Å². The lowest BCUT2D eigenvalue weighted by molar-refractivity contribution is 0.260. The van der Waals surface area contributed by atoms with Crippen LogP contribution in [0.1, 0.15) is 5.56 Å². The minimum Gasteiger partial charge on any atom is -0.361 e. The third kappa shape index (κ3) is 10.8. The molecule has 0 aliphatic carbocycles. The lowest BCUT2D eigenvalue weighted by atomic mass is 10.2. The molecule has 6 heteroatoms. The molecule has 0 bridgehead atoms. The van der Waals surface area contributed by atoms with Crippen molar-refractivity contribution >= 4 is 35.7 Å². The maximum atomic E-state index is 10.4. The molecule has 0 saturated carbocycles. The van der Waals surface area contributed by atoms with Crippen molar-refractivity contribution in [2.45, 2.75) is 6.54 Å². The number of amides is 2. The van der Waals surface area contributed by atoms with Crippen molar-refractivity contribution in [1.29, 1.82) is 0 Å². The van der Waals surface area contributed by atoms with Gasteiger partial charge in [-0.25, -0.2) is 0 Å². The van der Waals surface area contributed by atoms with E-state index in [1.807, 2.05) is 30.3 Å². The Hall–Kier alpha value is -1.14. The number of carbonyl (C=O) groups is 2. The van der Waals surface area contributed by atoms with Crippen molar-refractivity contribution in [1.82, 2.24) is 5.32 Å². The van der Waals surface area contributed by atoms with E-state index in [1.165, 1.54) is 0 Å². The molecule has 1 aromatic rings. The lowest BCUT2D eigenvalue weighted by Gasteiger charge is -1.99. The van der Waals surface area contributed by atoms with Crippen molar-refractivity contribution < 1.29 is 9.59 Å². The summed E-state index contributed by atoms with van der Waals surface area (Å²) in [5, 5.41) is 1.65. The van der Waals surface area contributed by atoms with Crippen molar-refractivity contribution in [3.05, 3.63) is 35.9 Å². The van der Waals surface area contributed by atoms with E-state index in [0.717, 1.165) is 5.56 Å². The van der Waals surface area contributed by atoms with E-state index in [-0.39, 0.29) is 5.24 Å². The molecule has 0 heterocycles. The number of benzene rings is 1. The van der Waals surface area contributed by atoms with Crippen molar-refractivity contribution in [2.75, 3.05) is 0 Å². The number of carbonyl (C=O) groups excluding carboxylic acids is 2. The standard InChI is InChI=1S/C8H9NOS.CH3NOS/c10-8(11)9-6-7-4-2-1-3-5-7;2-1(3)4/h1-5H,6H2,(H2,9,10,11);(H3,2,3,4). The first-order valence-corrected chi connectivity index (χ1v) is 4.91. The second-order valence-corrected chi connectivity index (χ2v) is 3.33. The van der Waals surface area contributed by atoms with Gasteiger partial charge in [-0.2, -0.15) is 0 Å². The van der Waals surface area contributed by atoms with Gasteiger partial charge in [-0.3, -0.25) is 9.59 Å². The Kier molecular flexibility index (Phi) is 7.57. The minimum atomic E-state index is -0.639. The highest BCUT2D eigenvalue weighted by molar-refractivity contribution is 7.96. The molecule has 0 saturated heterocycles. The summed E-state index contributed by atoms with van der Waals surface area (Å²) in [6.07, 6.45) is 0. The van der Waals surface area contributed by atoms with Gasteiger partial charge in [0, 0.05) is 6.54 Å². The predicted molar refractivity (Wildman–Crippen MR) is 66.2 cm³/mol. The highest BCUT2D eigenvalue weighted by Crippen LogP contribution is 1.97. The van der Waals surface area contributed by atoms with E-state index in [0.29, 0.717) is 6.54 Å². The van der Waals surface area contributed by atoms with Gasteiger partial charge in [0.15, 0.2) is 0 Å². The van der Waals surface area contributed by atoms with Gasteiger partial charge >= 0.3 is 0 Å². The molecule has 0 unspecified atom stereocenters. The van der Waals surface area contributed by atoms with E-state index in [9.17, 15) is 4.79 Å². The summed E-state index contributed by atoms with van der Waals surface area (Å²) in [6, 6.07) is 9.69. The van der Waals surface area contributed by atoms with E-state index in [2.05, 4.69) is 36.3 Å². The number of hydrogen-bond acceptors (Lipinski definition) is 2. The molecule has 0 atom stereocenters. The smallest absolute Gasteiger partial charge is 0.276 e. The van der Waals surface area contributed by atoms with Gasteiger partial charge in [-0.05, 0) is 5.56 Å². The van der Waals surface area contributed by atoms with Crippen LogP contribution in [-0.2, 0) is 6.54 Å². The average molecular weight is 244 g/mol. The molecule has 2 amide bonds. The first-order valence-electron chi connectivity index (χ1n) is 4.01. The van der Waals surface area contributed by atoms with Crippen molar-refractivity contribution in [3.8, 4) is 0 Å². The first kappa shape index (κ1) is 13.9. The Morgan fingerprint density at radius 1 is 1.20 bits per heavy atom. The van der Waals surface area contributed by atoms with Crippen LogP contribution >= 0.6 is 25.3 Å². The molecule has 1 rings (SSSR count). The fraction of sp³-hybridized carbons (Fsp3) is 0.111. The maximum absolute atomic E-state index is 10.4. The molecule has 82 valence electrons. The van der Waals surface area contributed by atoms with Crippen LogP contribution in [-0.4, -0.2) is 10.5 Å². The van der Waals surface area contributed by atoms with E-state index in [1.54, 1.807) is 0 Å². The topological polar surface area (TPSA) is 72.2 Å². The summed E-state index contributed by atoms with van der Waals surface area (Å²) in [5.41, 5.74) is 5.42. The summed E-state index contributed by atoms with van der Waals surface area (Å²) in [6.45, 7) is 0.545. The first-order chi connectivity index (χ1) is 7.02. The lowest BCUT2D eigenvalue weighted by Crippen LogP contribution is -2.15. The Morgan fingerprint density at radius 3 is 2.07 bits per heavy atom. The Morgan fingerprint density at radius 2 is 1.67 bits per heavy atom. The second-order valence-electron chi connectivity index (χ2n) is 2.48. The maximum Gasteiger partial charge on any atom is 0.276 e. The van der Waals surface area contributed by atoms with Crippen molar-refractivity contribution in [2.24, 2.45) is 5.73 Å². The zero-order valence-electron chi connectivity index (χ0n) is 7.88. The summed E-state index contributed by atoms with van der Waals surface area (Å²) < 4.78 is 0. The molecule has 0 aliphatic heterocycles. The predicted octanol–water partition coefficient (Wildman–Crippen LogP) is 1.82. The fourth-order valence-corrected chi connectivity index (χ4v) is 0.853. The third-order valence-electron chi connectivity index (χ3n) is 1.29. The highest BCUT2D eigenvalue weighted by atomic mass is 32.1. The molecule has 0 radical (unpaired) electrons. The molecule has 0 spiro atoms.